The lowest BCUT2D eigenvalue weighted by Crippen LogP contribution is -2.10. The molecule has 0 amide bonds. The molecule has 0 bridgehead atoms. The van der Waals surface area contributed by atoms with Crippen LogP contribution in [0.15, 0.2) is 53.9 Å². The molecule has 0 spiro atoms. The molecule has 2 aromatic carbocycles. The van der Waals surface area contributed by atoms with Crippen molar-refractivity contribution in [1.82, 2.24) is 9.88 Å². The molecule has 4 heteroatoms. The molecule has 0 atom stereocenters. The van der Waals surface area contributed by atoms with Crippen molar-refractivity contribution in [2.24, 2.45) is 0 Å². The minimum absolute atomic E-state index is 0.669. The Balaban J connectivity index is 1.82. The van der Waals surface area contributed by atoms with E-state index in [4.69, 9.17) is 10.2 Å². The zero-order valence-electron chi connectivity index (χ0n) is 13.2. The second-order valence-corrected chi connectivity index (χ2v) is 6.52. The van der Waals surface area contributed by atoms with Crippen molar-refractivity contribution in [2.75, 3.05) is 14.1 Å². The molecule has 3 nitrogen and oxygen atoms in total. The first kappa shape index (κ1) is 15.4. The zero-order chi connectivity index (χ0) is 16.2. The van der Waals surface area contributed by atoms with Gasteiger partial charge in [0.15, 0.2) is 0 Å². The normalized spacial score (nSPS) is 10.7. The molecule has 0 radical (unpaired) electrons. The van der Waals surface area contributed by atoms with Crippen molar-refractivity contribution in [3.05, 3.63) is 65.0 Å². The largest absolute Gasteiger partial charge is 0.305 e. The van der Waals surface area contributed by atoms with E-state index in [1.165, 1.54) is 5.56 Å². The summed E-state index contributed by atoms with van der Waals surface area (Å²) in [5.74, 6) is 0. The van der Waals surface area contributed by atoms with Crippen LogP contribution in [0.2, 0.25) is 0 Å². The van der Waals surface area contributed by atoms with Crippen molar-refractivity contribution in [2.45, 2.75) is 6.54 Å². The summed E-state index contributed by atoms with van der Waals surface area (Å²) in [6.07, 6.45) is 0. The quantitative estimate of drug-likeness (QED) is 0.715. The van der Waals surface area contributed by atoms with Crippen molar-refractivity contribution in [3.63, 3.8) is 0 Å². The Hall–Kier alpha value is -2.48. The number of hydrogen-bond acceptors (Lipinski definition) is 4. The number of nitrogens with zero attached hydrogens (tertiary/aromatic N) is 3. The third-order valence-electron chi connectivity index (χ3n) is 3.51. The van der Waals surface area contributed by atoms with Crippen LogP contribution in [-0.2, 0) is 6.54 Å². The Bertz CT molecular complexity index is 824. The van der Waals surface area contributed by atoms with Crippen molar-refractivity contribution < 1.29 is 0 Å². The van der Waals surface area contributed by atoms with Crippen LogP contribution in [0, 0.1) is 11.3 Å². The van der Waals surface area contributed by atoms with E-state index in [9.17, 15) is 0 Å². The van der Waals surface area contributed by atoms with Crippen molar-refractivity contribution in [1.29, 1.82) is 5.26 Å². The van der Waals surface area contributed by atoms with Crippen LogP contribution >= 0.6 is 11.3 Å². The topological polar surface area (TPSA) is 39.9 Å². The summed E-state index contributed by atoms with van der Waals surface area (Å²) in [4.78, 5) is 6.88. The van der Waals surface area contributed by atoms with Gasteiger partial charge in [0.05, 0.1) is 17.3 Å². The van der Waals surface area contributed by atoms with E-state index in [1.807, 2.05) is 24.3 Å². The van der Waals surface area contributed by atoms with Gasteiger partial charge in [0.1, 0.15) is 5.01 Å². The third-order valence-corrected chi connectivity index (χ3v) is 4.40. The second-order valence-electron chi connectivity index (χ2n) is 5.66. The molecule has 0 aliphatic heterocycles. The summed E-state index contributed by atoms with van der Waals surface area (Å²) in [6.45, 7) is 0.938. The standard InChI is InChI=1S/C19H17N3S/c1-22(2)12-15-5-7-16(8-6-15)18-13-23-19(21-18)17-9-3-14(11-20)4-10-17/h3-10,13H,12H2,1-2H3. The van der Waals surface area contributed by atoms with Crippen molar-refractivity contribution in [3.8, 4) is 27.9 Å². The minimum atomic E-state index is 0.669. The fourth-order valence-electron chi connectivity index (χ4n) is 2.37. The average molecular weight is 319 g/mol. The summed E-state index contributed by atoms with van der Waals surface area (Å²) in [5.41, 5.74) is 5.13. The average Bonchev–Trinajstić information content (AvgIpc) is 3.05. The van der Waals surface area contributed by atoms with Gasteiger partial charge >= 0.3 is 0 Å². The predicted molar refractivity (Wildman–Crippen MR) is 95.1 cm³/mol. The van der Waals surface area contributed by atoms with Crippen LogP contribution in [0.4, 0.5) is 0 Å². The van der Waals surface area contributed by atoms with Gasteiger partial charge in [-0.25, -0.2) is 4.98 Å². The minimum Gasteiger partial charge on any atom is -0.305 e. The lowest BCUT2D eigenvalue weighted by atomic mass is 10.1. The smallest absolute Gasteiger partial charge is 0.124 e. The molecule has 0 unspecified atom stereocenters. The maximum Gasteiger partial charge on any atom is 0.124 e. The molecule has 0 aliphatic carbocycles. The molecule has 1 heterocycles. The molecule has 0 N–H and O–H groups in total. The van der Waals surface area contributed by atoms with Crippen LogP contribution in [0.3, 0.4) is 0 Å². The Morgan fingerprint density at radius 3 is 2.26 bits per heavy atom. The van der Waals surface area contributed by atoms with E-state index in [0.29, 0.717) is 5.56 Å². The summed E-state index contributed by atoms with van der Waals surface area (Å²) in [6, 6.07) is 18.2. The van der Waals surface area contributed by atoms with Crippen LogP contribution in [-0.4, -0.2) is 24.0 Å². The first-order valence-electron chi connectivity index (χ1n) is 7.36. The van der Waals surface area contributed by atoms with Crippen molar-refractivity contribution >= 4 is 11.3 Å². The maximum atomic E-state index is 8.86. The Kier molecular flexibility index (Phi) is 4.52. The van der Waals surface area contributed by atoms with E-state index >= 15 is 0 Å². The van der Waals surface area contributed by atoms with Crippen LogP contribution in [0.5, 0.6) is 0 Å². The highest BCUT2D eigenvalue weighted by atomic mass is 32.1. The van der Waals surface area contributed by atoms with Gasteiger partial charge in [-0.15, -0.1) is 11.3 Å². The lowest BCUT2D eigenvalue weighted by molar-refractivity contribution is 0.402. The number of thiazole rings is 1. The molecular formula is C19H17N3S. The maximum absolute atomic E-state index is 8.86. The summed E-state index contributed by atoms with van der Waals surface area (Å²) >= 11 is 1.62. The van der Waals surface area contributed by atoms with Gasteiger partial charge in [0.25, 0.3) is 0 Å². The third kappa shape index (κ3) is 3.65. The van der Waals surface area contributed by atoms with E-state index in [2.05, 4.69) is 54.7 Å². The molecule has 0 aliphatic rings. The Morgan fingerprint density at radius 1 is 1.00 bits per heavy atom. The van der Waals surface area contributed by atoms with E-state index in [1.54, 1.807) is 11.3 Å². The van der Waals surface area contributed by atoms with Gasteiger partial charge in [-0.2, -0.15) is 5.26 Å². The molecule has 0 saturated carbocycles. The molecule has 114 valence electrons. The highest BCUT2D eigenvalue weighted by Crippen LogP contribution is 2.29. The zero-order valence-corrected chi connectivity index (χ0v) is 14.0. The first-order chi connectivity index (χ1) is 11.2. The van der Waals surface area contributed by atoms with Crippen LogP contribution in [0.25, 0.3) is 21.8 Å². The van der Waals surface area contributed by atoms with Crippen LogP contribution < -0.4 is 0 Å². The highest BCUT2D eigenvalue weighted by molar-refractivity contribution is 7.13. The van der Waals surface area contributed by atoms with Gasteiger partial charge < -0.3 is 4.90 Å². The van der Waals surface area contributed by atoms with E-state index < -0.39 is 0 Å². The molecule has 1 aromatic heterocycles. The van der Waals surface area contributed by atoms with Gasteiger partial charge in [-0.05, 0) is 31.8 Å². The molecule has 3 aromatic rings. The lowest BCUT2D eigenvalue weighted by Gasteiger charge is -2.09. The van der Waals surface area contributed by atoms with E-state index in [-0.39, 0.29) is 0 Å². The monoisotopic (exact) mass is 319 g/mol. The highest BCUT2D eigenvalue weighted by Gasteiger charge is 2.07. The predicted octanol–water partition coefficient (Wildman–Crippen LogP) is 4.41. The molecule has 23 heavy (non-hydrogen) atoms. The Morgan fingerprint density at radius 2 is 1.65 bits per heavy atom. The molecular weight excluding hydrogens is 302 g/mol. The first-order valence-corrected chi connectivity index (χ1v) is 8.24. The second kappa shape index (κ2) is 6.74. The number of nitriles is 1. The fraction of sp³-hybridized carbons (Fsp3) is 0.158. The van der Waals surface area contributed by atoms with E-state index in [0.717, 1.165) is 28.4 Å². The molecule has 0 saturated heterocycles. The SMILES string of the molecule is CN(C)Cc1ccc(-c2csc(-c3ccc(C#N)cc3)n2)cc1. The van der Waals surface area contributed by atoms with Gasteiger partial charge in [0, 0.05) is 23.1 Å². The van der Waals surface area contributed by atoms with Crippen LogP contribution in [0.1, 0.15) is 11.1 Å². The molecule has 0 fully saturated rings. The number of hydrogen-bond donors (Lipinski definition) is 0. The van der Waals surface area contributed by atoms with Gasteiger partial charge in [-0.3, -0.25) is 0 Å². The molecule has 3 rings (SSSR count). The fourth-order valence-corrected chi connectivity index (χ4v) is 3.21. The summed E-state index contributed by atoms with van der Waals surface area (Å²) in [5, 5.41) is 11.9. The van der Waals surface area contributed by atoms with Gasteiger partial charge in [0.2, 0.25) is 0 Å². The number of aromatic nitrogens is 1. The Labute approximate surface area is 140 Å². The summed E-state index contributed by atoms with van der Waals surface area (Å²) in [7, 11) is 4.14. The number of rotatable bonds is 4. The van der Waals surface area contributed by atoms with Gasteiger partial charge in [-0.1, -0.05) is 36.4 Å². The summed E-state index contributed by atoms with van der Waals surface area (Å²) < 4.78 is 0. The number of benzene rings is 2.